The van der Waals surface area contributed by atoms with Crippen molar-refractivity contribution in [3.63, 3.8) is 0 Å². The van der Waals surface area contributed by atoms with Gasteiger partial charge in [0, 0.05) is 29.7 Å². The average molecular weight is 478 g/mol. The first kappa shape index (κ1) is 22.7. The molecule has 2 aromatic rings. The Kier molecular flexibility index (Phi) is 5.71. The Morgan fingerprint density at radius 1 is 1.33 bits per heavy atom. The standard InChI is InChI=1S/C22H31N5O5S/c1-14-10-15-12-23-21(25-19(15)27(20(14)28)18-4-3-6-22(18,2)29)24-16-5-7-26-17(11-16)13-32-8-9-33(26,30)31/h10,12,16-18,29H,3-9,11,13H2,1-2H3,(H,23,24,25)/t16?,17?,18-,22-/m1/s1. The second-order valence-corrected chi connectivity index (χ2v) is 11.8. The zero-order valence-corrected chi connectivity index (χ0v) is 19.8. The molecule has 2 unspecified atom stereocenters. The summed E-state index contributed by atoms with van der Waals surface area (Å²) < 4.78 is 33.7. The molecule has 1 saturated carbocycles. The van der Waals surface area contributed by atoms with E-state index in [1.807, 2.05) is 0 Å². The minimum atomic E-state index is -3.29. The van der Waals surface area contributed by atoms with Crippen LogP contribution in [0.5, 0.6) is 0 Å². The summed E-state index contributed by atoms with van der Waals surface area (Å²) in [4.78, 5) is 22.3. The Labute approximate surface area is 193 Å². The number of aromatic nitrogens is 3. The van der Waals surface area contributed by atoms with Crippen LogP contribution in [0.25, 0.3) is 11.0 Å². The van der Waals surface area contributed by atoms with Gasteiger partial charge in [0.25, 0.3) is 5.56 Å². The maximum absolute atomic E-state index is 13.1. The van der Waals surface area contributed by atoms with Crippen LogP contribution >= 0.6 is 0 Å². The van der Waals surface area contributed by atoms with Gasteiger partial charge in [-0.15, -0.1) is 0 Å². The molecule has 180 valence electrons. The van der Waals surface area contributed by atoms with Crippen molar-refractivity contribution in [3.05, 3.63) is 28.2 Å². The van der Waals surface area contributed by atoms with Crippen LogP contribution in [-0.4, -0.2) is 75.6 Å². The molecule has 0 aromatic carbocycles. The Morgan fingerprint density at radius 3 is 2.91 bits per heavy atom. The molecule has 0 amide bonds. The maximum atomic E-state index is 13.1. The first-order valence-electron chi connectivity index (χ1n) is 11.6. The molecule has 3 fully saturated rings. The third kappa shape index (κ3) is 4.16. The highest BCUT2D eigenvalue weighted by Gasteiger charge is 2.40. The quantitative estimate of drug-likeness (QED) is 0.675. The molecule has 10 nitrogen and oxygen atoms in total. The first-order chi connectivity index (χ1) is 15.7. The molecular weight excluding hydrogens is 446 g/mol. The molecule has 1 aliphatic carbocycles. The van der Waals surface area contributed by atoms with Crippen molar-refractivity contribution >= 4 is 27.0 Å². The predicted octanol–water partition coefficient (Wildman–Crippen LogP) is 1.18. The van der Waals surface area contributed by atoms with Gasteiger partial charge < -0.3 is 15.2 Å². The van der Waals surface area contributed by atoms with E-state index in [4.69, 9.17) is 9.72 Å². The van der Waals surface area contributed by atoms with Crippen LogP contribution in [0.3, 0.4) is 0 Å². The van der Waals surface area contributed by atoms with Gasteiger partial charge in [0.15, 0.2) is 0 Å². The molecule has 5 rings (SSSR count). The van der Waals surface area contributed by atoms with Gasteiger partial charge in [-0.05, 0) is 52.0 Å². The Bertz CT molecular complexity index is 1230. The third-order valence-electron chi connectivity index (χ3n) is 7.29. The fourth-order valence-corrected chi connectivity index (χ4v) is 7.06. The number of aliphatic hydroxyl groups is 1. The van der Waals surface area contributed by atoms with E-state index in [-0.39, 0.29) is 36.0 Å². The number of sulfonamides is 1. The van der Waals surface area contributed by atoms with Crippen molar-refractivity contribution in [2.75, 3.05) is 30.8 Å². The molecule has 3 aliphatic rings. The highest BCUT2D eigenvalue weighted by Crippen LogP contribution is 2.39. The average Bonchev–Trinajstić information content (AvgIpc) is 3.03. The van der Waals surface area contributed by atoms with Crippen molar-refractivity contribution in [3.8, 4) is 0 Å². The lowest BCUT2D eigenvalue weighted by Gasteiger charge is -2.37. The number of nitrogens with zero attached hydrogens (tertiary/aromatic N) is 4. The van der Waals surface area contributed by atoms with Crippen molar-refractivity contribution in [2.24, 2.45) is 0 Å². The summed E-state index contributed by atoms with van der Waals surface area (Å²) in [5, 5.41) is 15.0. The van der Waals surface area contributed by atoms with Gasteiger partial charge >= 0.3 is 0 Å². The number of aryl methyl sites for hydroxylation is 1. The first-order valence-corrected chi connectivity index (χ1v) is 13.2. The molecule has 11 heteroatoms. The molecule has 2 N–H and O–H groups in total. The molecule has 4 heterocycles. The van der Waals surface area contributed by atoms with Crippen LogP contribution in [0.1, 0.15) is 50.6 Å². The molecule has 0 bridgehead atoms. The van der Waals surface area contributed by atoms with Gasteiger partial charge in [0.1, 0.15) is 5.65 Å². The highest BCUT2D eigenvalue weighted by atomic mass is 32.2. The molecule has 0 radical (unpaired) electrons. The van der Waals surface area contributed by atoms with Gasteiger partial charge in [-0.1, -0.05) is 0 Å². The summed E-state index contributed by atoms with van der Waals surface area (Å²) in [6.45, 7) is 4.58. The second-order valence-electron chi connectivity index (χ2n) is 9.76. The van der Waals surface area contributed by atoms with E-state index in [0.717, 1.165) is 11.8 Å². The molecule has 0 spiro atoms. The minimum absolute atomic E-state index is 0.0131. The Balaban J connectivity index is 1.45. The number of rotatable bonds is 3. The van der Waals surface area contributed by atoms with E-state index in [2.05, 4.69) is 10.3 Å². The molecule has 2 saturated heterocycles. The van der Waals surface area contributed by atoms with Crippen LogP contribution < -0.4 is 10.9 Å². The molecule has 2 aromatic heterocycles. The van der Waals surface area contributed by atoms with Crippen LogP contribution in [-0.2, 0) is 14.8 Å². The van der Waals surface area contributed by atoms with Crippen LogP contribution in [0.15, 0.2) is 17.1 Å². The predicted molar refractivity (Wildman–Crippen MR) is 124 cm³/mol. The molecule has 33 heavy (non-hydrogen) atoms. The van der Waals surface area contributed by atoms with E-state index in [9.17, 15) is 18.3 Å². The SMILES string of the molecule is Cc1cc2cnc(NC3CCN4C(COCCS4(=O)=O)C3)nc2n([C@@H]2CCC[C@@]2(C)O)c1=O. The largest absolute Gasteiger partial charge is 0.388 e. The van der Waals surface area contributed by atoms with E-state index >= 15 is 0 Å². The van der Waals surface area contributed by atoms with Crippen molar-refractivity contribution in [2.45, 2.75) is 69.7 Å². The van der Waals surface area contributed by atoms with E-state index in [1.54, 1.807) is 35.0 Å². The van der Waals surface area contributed by atoms with Gasteiger partial charge in [0.05, 0.1) is 36.7 Å². The van der Waals surface area contributed by atoms with Gasteiger partial charge in [-0.25, -0.2) is 13.4 Å². The number of piperidine rings is 1. The fourth-order valence-electron chi connectivity index (χ4n) is 5.52. The zero-order valence-electron chi connectivity index (χ0n) is 19.0. The lowest BCUT2D eigenvalue weighted by Crippen LogP contribution is -2.50. The van der Waals surface area contributed by atoms with Gasteiger partial charge in [0.2, 0.25) is 16.0 Å². The number of anilines is 1. The molecular formula is C22H31N5O5S. The van der Waals surface area contributed by atoms with Gasteiger partial charge in [-0.3, -0.25) is 9.36 Å². The third-order valence-corrected chi connectivity index (χ3v) is 9.17. The summed E-state index contributed by atoms with van der Waals surface area (Å²) in [5.74, 6) is 0.421. The fraction of sp³-hybridized carbons (Fsp3) is 0.682. The number of hydrogen-bond acceptors (Lipinski definition) is 8. The maximum Gasteiger partial charge on any atom is 0.255 e. The number of nitrogens with one attached hydrogen (secondary N) is 1. The lowest BCUT2D eigenvalue weighted by molar-refractivity contribution is 0.0266. The lowest BCUT2D eigenvalue weighted by atomic mass is 9.99. The van der Waals surface area contributed by atoms with Crippen molar-refractivity contribution in [1.29, 1.82) is 0 Å². The van der Waals surface area contributed by atoms with Crippen molar-refractivity contribution < 1.29 is 18.3 Å². The summed E-state index contributed by atoms with van der Waals surface area (Å²) in [7, 11) is -3.29. The number of ether oxygens (including phenoxy) is 1. The van der Waals surface area contributed by atoms with Crippen LogP contribution in [0.4, 0.5) is 5.95 Å². The summed E-state index contributed by atoms with van der Waals surface area (Å²) in [6.07, 6.45) is 5.13. The summed E-state index contributed by atoms with van der Waals surface area (Å²) >= 11 is 0. The number of pyridine rings is 1. The monoisotopic (exact) mass is 477 g/mol. The normalized spacial score (nSPS) is 32.4. The summed E-state index contributed by atoms with van der Waals surface area (Å²) in [5.41, 5.74) is -0.0149. The molecule has 2 aliphatic heterocycles. The van der Waals surface area contributed by atoms with Crippen molar-refractivity contribution in [1.82, 2.24) is 18.8 Å². The minimum Gasteiger partial charge on any atom is -0.388 e. The van der Waals surface area contributed by atoms with Crippen LogP contribution in [0, 0.1) is 6.92 Å². The Morgan fingerprint density at radius 2 is 2.15 bits per heavy atom. The van der Waals surface area contributed by atoms with E-state index in [0.29, 0.717) is 56.0 Å². The summed E-state index contributed by atoms with van der Waals surface area (Å²) in [6, 6.07) is 1.22. The Hall–Kier alpha value is -2.08. The number of fused-ring (bicyclic) bond motifs is 2. The zero-order chi connectivity index (χ0) is 23.4. The van der Waals surface area contributed by atoms with Gasteiger partial charge in [-0.2, -0.15) is 9.29 Å². The highest BCUT2D eigenvalue weighted by molar-refractivity contribution is 7.89. The van der Waals surface area contributed by atoms with Crippen LogP contribution in [0.2, 0.25) is 0 Å². The topological polar surface area (TPSA) is 127 Å². The second kappa shape index (κ2) is 8.30. The van der Waals surface area contributed by atoms with E-state index < -0.39 is 15.6 Å². The number of hydrogen-bond donors (Lipinski definition) is 2. The molecule has 4 atom stereocenters. The van der Waals surface area contributed by atoms with E-state index in [1.165, 1.54) is 0 Å². The smallest absolute Gasteiger partial charge is 0.255 e.